The van der Waals surface area contributed by atoms with Gasteiger partial charge in [-0.1, -0.05) is 19.3 Å². The van der Waals surface area contributed by atoms with Gasteiger partial charge >= 0.3 is 6.18 Å². The van der Waals surface area contributed by atoms with Gasteiger partial charge in [0.2, 0.25) is 0 Å². The van der Waals surface area contributed by atoms with E-state index in [1.54, 1.807) is 12.1 Å². The Morgan fingerprint density at radius 3 is 2.67 bits per heavy atom. The van der Waals surface area contributed by atoms with E-state index in [1.807, 2.05) is 0 Å². The van der Waals surface area contributed by atoms with Crippen LogP contribution in [0.5, 0.6) is 0 Å². The SMILES string of the molecule is [2H]C([2H])(N1C[C@H]2CC(Nc3ccc(-c4cnccc4C(F)(F)F)nn3)C[C@H]2C1)[C@]12CCCCC[C@@H]1OCC2. The molecule has 0 radical (unpaired) electrons. The predicted molar refractivity (Wildman–Crippen MR) is 130 cm³/mol. The van der Waals surface area contributed by atoms with Crippen molar-refractivity contribution in [2.24, 2.45) is 17.3 Å². The van der Waals surface area contributed by atoms with Crippen molar-refractivity contribution in [2.45, 2.75) is 69.7 Å². The summed E-state index contributed by atoms with van der Waals surface area (Å²) in [6.45, 7) is 0.774. The maximum absolute atomic E-state index is 13.4. The molecule has 4 heterocycles. The van der Waals surface area contributed by atoms with Gasteiger partial charge in [0.15, 0.2) is 0 Å². The predicted octanol–water partition coefficient (Wildman–Crippen LogP) is 5.42. The Morgan fingerprint density at radius 2 is 1.92 bits per heavy atom. The smallest absolute Gasteiger partial charge is 0.378 e. The fraction of sp³-hybridized carbons (Fsp3) is 0.667. The standard InChI is InChI=1S/C27H34F3N5O/c28-27(29,30)22-7-10-31-14-21(22)23-5-6-25(34-33-23)32-20-12-18-15-35(16-19(18)13-20)17-26-8-3-1-2-4-24(26)36-11-9-26/h5-7,10,14,18-20,24H,1-4,8-9,11-13,15-17H2,(H,32,34)/t18-,19+,20?,24-,26+/m0/s1/i17D2. The van der Waals surface area contributed by atoms with Crippen LogP contribution in [-0.4, -0.2) is 58.4 Å². The summed E-state index contributed by atoms with van der Waals surface area (Å²) >= 11 is 0. The lowest BCUT2D eigenvalue weighted by Gasteiger charge is -2.37. The highest BCUT2D eigenvalue weighted by molar-refractivity contribution is 5.63. The summed E-state index contributed by atoms with van der Waals surface area (Å²) in [6.07, 6.45) is 5.66. The second kappa shape index (κ2) is 9.56. The Kier molecular flexibility index (Phi) is 5.79. The average Bonchev–Trinajstić information content (AvgIpc) is 3.55. The van der Waals surface area contributed by atoms with Gasteiger partial charge in [0.05, 0.1) is 17.4 Å². The van der Waals surface area contributed by atoms with Crippen molar-refractivity contribution in [1.82, 2.24) is 20.1 Å². The lowest BCUT2D eigenvalue weighted by Crippen LogP contribution is -2.42. The molecule has 0 amide bonds. The summed E-state index contributed by atoms with van der Waals surface area (Å²) in [5.41, 5.74) is -1.15. The molecule has 2 aromatic rings. The summed E-state index contributed by atoms with van der Waals surface area (Å²) in [5, 5.41) is 11.6. The summed E-state index contributed by atoms with van der Waals surface area (Å²) in [5.74, 6) is 1.34. The summed E-state index contributed by atoms with van der Waals surface area (Å²) in [7, 11) is 0. The van der Waals surface area contributed by atoms with Gasteiger partial charge in [-0.25, -0.2) is 0 Å². The van der Waals surface area contributed by atoms with Crippen LogP contribution >= 0.6 is 0 Å². The first-order valence-electron chi connectivity index (χ1n) is 14.2. The Labute approximate surface area is 212 Å². The minimum Gasteiger partial charge on any atom is -0.378 e. The van der Waals surface area contributed by atoms with Gasteiger partial charge in [-0.3, -0.25) is 4.98 Å². The van der Waals surface area contributed by atoms with Crippen LogP contribution in [0.4, 0.5) is 19.0 Å². The molecule has 6 nitrogen and oxygen atoms in total. The minimum atomic E-state index is -4.50. The number of hydrogen-bond acceptors (Lipinski definition) is 6. The largest absolute Gasteiger partial charge is 0.417 e. The molecule has 2 aliphatic carbocycles. The van der Waals surface area contributed by atoms with Gasteiger partial charge in [-0.15, -0.1) is 10.2 Å². The Morgan fingerprint density at radius 1 is 1.08 bits per heavy atom. The third-order valence-corrected chi connectivity index (χ3v) is 8.62. The zero-order chi connectivity index (χ0) is 26.5. The van der Waals surface area contributed by atoms with Gasteiger partial charge in [0.1, 0.15) is 5.82 Å². The fourth-order valence-electron chi connectivity index (χ4n) is 6.91. The first-order valence-corrected chi connectivity index (χ1v) is 13.2. The van der Waals surface area contributed by atoms with E-state index >= 15 is 0 Å². The van der Waals surface area contributed by atoms with Gasteiger partial charge in [-0.2, -0.15) is 13.2 Å². The summed E-state index contributed by atoms with van der Waals surface area (Å²) < 4.78 is 64.7. The minimum absolute atomic E-state index is 0.0234. The second-order valence-corrected chi connectivity index (χ2v) is 10.9. The van der Waals surface area contributed by atoms with Crippen LogP contribution in [0.15, 0.2) is 30.6 Å². The normalized spacial score (nSPS) is 34.0. The van der Waals surface area contributed by atoms with E-state index in [4.69, 9.17) is 4.74 Å². The van der Waals surface area contributed by atoms with E-state index in [2.05, 4.69) is 25.4 Å². The number of alkyl halides is 3. The molecule has 0 bridgehead atoms. The molecular formula is C27H34F3N5O. The van der Waals surface area contributed by atoms with Crippen molar-refractivity contribution in [2.75, 3.05) is 31.5 Å². The molecule has 2 aliphatic heterocycles. The monoisotopic (exact) mass is 503 g/mol. The molecule has 1 unspecified atom stereocenters. The lowest BCUT2D eigenvalue weighted by atomic mass is 9.76. The van der Waals surface area contributed by atoms with Crippen molar-refractivity contribution in [3.63, 3.8) is 0 Å². The Hall–Kier alpha value is -2.26. The number of fused-ring (bicyclic) bond motifs is 2. The topological polar surface area (TPSA) is 63.2 Å². The number of rotatable bonds is 5. The molecule has 194 valence electrons. The first kappa shape index (κ1) is 21.8. The molecule has 4 aliphatic rings. The molecule has 2 saturated heterocycles. The van der Waals surface area contributed by atoms with Crippen LogP contribution in [0.25, 0.3) is 11.3 Å². The van der Waals surface area contributed by atoms with E-state index in [-0.39, 0.29) is 23.4 Å². The zero-order valence-corrected chi connectivity index (χ0v) is 20.3. The first-order chi connectivity index (χ1) is 18.2. The third kappa shape index (κ3) is 4.72. The average molecular weight is 504 g/mol. The van der Waals surface area contributed by atoms with Crippen molar-refractivity contribution < 1.29 is 20.6 Å². The van der Waals surface area contributed by atoms with Crippen LogP contribution in [-0.2, 0) is 10.9 Å². The van der Waals surface area contributed by atoms with E-state index < -0.39 is 23.7 Å². The van der Waals surface area contributed by atoms with Gasteiger partial charge in [0, 0.05) is 58.3 Å². The van der Waals surface area contributed by atoms with Crippen LogP contribution in [0.3, 0.4) is 0 Å². The van der Waals surface area contributed by atoms with Crippen LogP contribution < -0.4 is 5.32 Å². The van der Waals surface area contributed by atoms with Crippen molar-refractivity contribution in [1.29, 1.82) is 0 Å². The molecule has 5 atom stereocenters. The Balaban J connectivity index is 1.09. The highest BCUT2D eigenvalue weighted by atomic mass is 19.4. The van der Waals surface area contributed by atoms with E-state index in [9.17, 15) is 15.9 Å². The molecule has 2 saturated carbocycles. The fourth-order valence-corrected chi connectivity index (χ4v) is 6.91. The number of pyridine rings is 1. The maximum Gasteiger partial charge on any atom is 0.417 e. The zero-order valence-electron chi connectivity index (χ0n) is 22.3. The van der Waals surface area contributed by atoms with Crippen LogP contribution in [0.2, 0.25) is 0 Å². The van der Waals surface area contributed by atoms with Gasteiger partial charge in [0.25, 0.3) is 0 Å². The lowest BCUT2D eigenvalue weighted by molar-refractivity contribution is -0.137. The number of nitrogens with zero attached hydrogens (tertiary/aromatic N) is 4. The second-order valence-electron chi connectivity index (χ2n) is 10.9. The molecular weight excluding hydrogens is 467 g/mol. The number of hydrogen-bond donors (Lipinski definition) is 1. The number of ether oxygens (including phenoxy) is 1. The molecule has 0 spiro atoms. The molecule has 1 N–H and O–H groups in total. The molecule has 4 fully saturated rings. The van der Waals surface area contributed by atoms with E-state index in [1.165, 1.54) is 0 Å². The highest BCUT2D eigenvalue weighted by Crippen LogP contribution is 2.47. The summed E-state index contributed by atoms with van der Waals surface area (Å²) in [4.78, 5) is 5.93. The molecule has 0 aromatic carbocycles. The number of anilines is 1. The molecule has 6 rings (SSSR count). The number of halogens is 3. The van der Waals surface area contributed by atoms with Crippen LogP contribution in [0, 0.1) is 17.3 Å². The number of likely N-dealkylation sites (tertiary alicyclic amines) is 1. The van der Waals surface area contributed by atoms with Crippen LogP contribution in [0.1, 0.15) is 59.7 Å². The van der Waals surface area contributed by atoms with E-state index in [0.29, 0.717) is 24.3 Å². The van der Waals surface area contributed by atoms with Gasteiger partial charge in [-0.05, 0) is 62.1 Å². The molecule has 36 heavy (non-hydrogen) atoms. The number of nitrogens with one attached hydrogen (secondary N) is 1. The maximum atomic E-state index is 13.4. The summed E-state index contributed by atoms with van der Waals surface area (Å²) in [6, 6.07) is 4.34. The molecule has 2 aromatic heterocycles. The number of aromatic nitrogens is 3. The Bertz CT molecular complexity index is 1140. The van der Waals surface area contributed by atoms with Crippen molar-refractivity contribution in [3.05, 3.63) is 36.2 Å². The van der Waals surface area contributed by atoms with E-state index in [0.717, 1.165) is 82.9 Å². The van der Waals surface area contributed by atoms with Crippen molar-refractivity contribution >= 4 is 5.82 Å². The third-order valence-electron chi connectivity index (χ3n) is 8.62. The van der Waals surface area contributed by atoms with Gasteiger partial charge < -0.3 is 15.0 Å². The highest BCUT2D eigenvalue weighted by Gasteiger charge is 2.48. The van der Waals surface area contributed by atoms with Crippen molar-refractivity contribution in [3.8, 4) is 11.3 Å². The molecule has 9 heteroatoms. The quantitative estimate of drug-likeness (QED) is 0.588.